The number of piperazine rings is 1. The molecule has 1 unspecified atom stereocenters. The van der Waals surface area contributed by atoms with E-state index in [1.807, 2.05) is 49.4 Å². The number of carboxylic acid groups (broad SMARTS) is 1. The predicted octanol–water partition coefficient (Wildman–Crippen LogP) is 4.47. The van der Waals surface area contributed by atoms with Crippen LogP contribution < -0.4 is 4.74 Å². The Bertz CT molecular complexity index is 756. The Hall–Kier alpha value is -2.05. The fourth-order valence-corrected chi connectivity index (χ4v) is 3.93. The van der Waals surface area contributed by atoms with Crippen LogP contribution in [0, 0.1) is 0 Å². The highest BCUT2D eigenvalue weighted by Crippen LogP contribution is 2.26. The average Bonchev–Trinajstić information content (AvgIpc) is 2.64. The normalized spacial score (nSPS) is 18.9. The maximum absolute atomic E-state index is 11.7. The van der Waals surface area contributed by atoms with Gasteiger partial charge in [-0.25, -0.2) is 4.79 Å². The molecule has 0 saturated carbocycles. The summed E-state index contributed by atoms with van der Waals surface area (Å²) < 4.78 is 6.95. The second-order valence-corrected chi connectivity index (χ2v) is 7.80. The van der Waals surface area contributed by atoms with Crippen LogP contribution in [0.5, 0.6) is 5.75 Å². The average molecular weight is 433 g/mol. The zero-order valence-corrected chi connectivity index (χ0v) is 17.0. The number of carbonyl (C=O) groups is 1. The number of benzene rings is 2. The monoisotopic (exact) mass is 432 g/mol. The Morgan fingerprint density at radius 1 is 1.19 bits per heavy atom. The first-order valence-electron chi connectivity index (χ1n) is 9.20. The van der Waals surface area contributed by atoms with Gasteiger partial charge in [-0.15, -0.1) is 0 Å². The minimum absolute atomic E-state index is 0.0857. The summed E-state index contributed by atoms with van der Waals surface area (Å²) in [5, 5.41) is 9.59. The zero-order chi connectivity index (χ0) is 19.2. The second kappa shape index (κ2) is 9.24. The standard InChI is InChI=1S/C21H25BrN2O3/c1-16(27-20-10-6-5-9-19(20)22)13-18-15-23(11-12-24(18)21(25)26)14-17-7-3-2-4-8-17/h2-10,16,18H,11-15H2,1H3,(H,25,26)/t16?,18-/m0/s1. The molecular formula is C21H25BrN2O3. The molecular weight excluding hydrogens is 408 g/mol. The molecule has 1 N–H and O–H groups in total. The van der Waals surface area contributed by atoms with E-state index in [4.69, 9.17) is 4.74 Å². The SMILES string of the molecule is CC(C[C@H]1CN(Cc2ccccc2)CCN1C(=O)O)Oc1ccccc1Br. The molecule has 1 aliphatic heterocycles. The highest BCUT2D eigenvalue weighted by molar-refractivity contribution is 9.10. The lowest BCUT2D eigenvalue weighted by Gasteiger charge is -2.41. The number of amides is 1. The third-order valence-electron chi connectivity index (χ3n) is 4.83. The molecule has 1 aliphatic rings. The predicted molar refractivity (Wildman–Crippen MR) is 109 cm³/mol. The lowest BCUT2D eigenvalue weighted by atomic mass is 10.0. The summed E-state index contributed by atoms with van der Waals surface area (Å²) in [7, 11) is 0. The fraction of sp³-hybridized carbons (Fsp3) is 0.381. The molecule has 0 radical (unpaired) electrons. The van der Waals surface area contributed by atoms with E-state index in [-0.39, 0.29) is 12.1 Å². The summed E-state index contributed by atoms with van der Waals surface area (Å²) in [6.07, 6.45) is -0.293. The summed E-state index contributed by atoms with van der Waals surface area (Å²) in [4.78, 5) is 15.6. The third kappa shape index (κ3) is 5.47. The Balaban J connectivity index is 1.63. The third-order valence-corrected chi connectivity index (χ3v) is 5.49. The molecule has 1 fully saturated rings. The van der Waals surface area contributed by atoms with E-state index in [1.54, 1.807) is 4.90 Å². The van der Waals surface area contributed by atoms with E-state index >= 15 is 0 Å². The second-order valence-electron chi connectivity index (χ2n) is 6.95. The van der Waals surface area contributed by atoms with Crippen LogP contribution in [-0.4, -0.2) is 52.8 Å². The molecule has 27 heavy (non-hydrogen) atoms. The number of hydrogen-bond acceptors (Lipinski definition) is 3. The summed E-state index contributed by atoms with van der Waals surface area (Å²) in [5.74, 6) is 0.781. The molecule has 1 heterocycles. The van der Waals surface area contributed by atoms with Crippen molar-refractivity contribution in [2.75, 3.05) is 19.6 Å². The summed E-state index contributed by atoms with van der Waals surface area (Å²) in [6.45, 7) is 4.82. The van der Waals surface area contributed by atoms with Crippen molar-refractivity contribution in [1.82, 2.24) is 9.80 Å². The van der Waals surface area contributed by atoms with Gasteiger partial charge >= 0.3 is 6.09 Å². The van der Waals surface area contributed by atoms with E-state index in [1.165, 1.54) is 5.56 Å². The van der Waals surface area contributed by atoms with E-state index in [2.05, 4.69) is 33.0 Å². The van der Waals surface area contributed by atoms with Crippen molar-refractivity contribution in [2.24, 2.45) is 0 Å². The summed E-state index contributed by atoms with van der Waals surface area (Å²) >= 11 is 3.49. The van der Waals surface area contributed by atoms with Gasteiger partial charge in [0.1, 0.15) is 5.75 Å². The largest absolute Gasteiger partial charge is 0.489 e. The van der Waals surface area contributed by atoms with Crippen LogP contribution in [0.2, 0.25) is 0 Å². The topological polar surface area (TPSA) is 53.0 Å². The molecule has 6 heteroatoms. The first-order chi connectivity index (χ1) is 13.0. The molecule has 2 aromatic carbocycles. The van der Waals surface area contributed by atoms with Crippen LogP contribution >= 0.6 is 15.9 Å². The van der Waals surface area contributed by atoms with Crippen molar-refractivity contribution in [2.45, 2.75) is 32.0 Å². The molecule has 5 nitrogen and oxygen atoms in total. The first-order valence-corrected chi connectivity index (χ1v) is 9.99. The van der Waals surface area contributed by atoms with Gasteiger partial charge < -0.3 is 14.7 Å². The Morgan fingerprint density at radius 2 is 1.89 bits per heavy atom. The van der Waals surface area contributed by atoms with Crippen LogP contribution in [0.25, 0.3) is 0 Å². The maximum atomic E-state index is 11.7. The van der Waals surface area contributed by atoms with E-state index < -0.39 is 6.09 Å². The van der Waals surface area contributed by atoms with Crippen LogP contribution in [0.4, 0.5) is 4.79 Å². The van der Waals surface area contributed by atoms with Crippen LogP contribution in [0.15, 0.2) is 59.1 Å². The lowest BCUT2D eigenvalue weighted by molar-refractivity contribution is 0.0451. The van der Waals surface area contributed by atoms with E-state index in [9.17, 15) is 9.90 Å². The van der Waals surface area contributed by atoms with Gasteiger partial charge in [-0.1, -0.05) is 42.5 Å². The van der Waals surface area contributed by atoms with Gasteiger partial charge in [0.15, 0.2) is 0 Å². The van der Waals surface area contributed by atoms with Gasteiger partial charge in [0.2, 0.25) is 0 Å². The smallest absolute Gasteiger partial charge is 0.407 e. The molecule has 0 aromatic heterocycles. The van der Waals surface area contributed by atoms with Gasteiger partial charge in [-0.2, -0.15) is 0 Å². The quantitative estimate of drug-likeness (QED) is 0.731. The minimum atomic E-state index is -0.854. The molecule has 0 aliphatic carbocycles. The Labute approximate surface area is 168 Å². The van der Waals surface area contributed by atoms with Crippen molar-refractivity contribution >= 4 is 22.0 Å². The molecule has 2 atom stereocenters. The summed E-state index contributed by atoms with van der Waals surface area (Å²) in [5.41, 5.74) is 1.25. The highest BCUT2D eigenvalue weighted by atomic mass is 79.9. The Morgan fingerprint density at radius 3 is 2.59 bits per heavy atom. The van der Waals surface area contributed by atoms with Crippen molar-refractivity contribution < 1.29 is 14.6 Å². The number of rotatable bonds is 6. The van der Waals surface area contributed by atoms with Crippen molar-refractivity contribution in [1.29, 1.82) is 0 Å². The number of hydrogen-bond donors (Lipinski definition) is 1. The molecule has 3 rings (SSSR count). The number of halogens is 1. The van der Waals surface area contributed by atoms with Crippen LogP contribution in [0.1, 0.15) is 18.9 Å². The molecule has 1 amide bonds. The molecule has 2 aromatic rings. The summed E-state index contributed by atoms with van der Waals surface area (Å²) in [6, 6.07) is 17.9. The molecule has 1 saturated heterocycles. The van der Waals surface area contributed by atoms with Gasteiger partial charge in [0.25, 0.3) is 0 Å². The molecule has 144 valence electrons. The Kier molecular flexibility index (Phi) is 6.74. The van der Waals surface area contributed by atoms with Crippen molar-refractivity contribution in [3.63, 3.8) is 0 Å². The van der Waals surface area contributed by atoms with Gasteiger partial charge in [0, 0.05) is 32.6 Å². The number of ether oxygens (including phenoxy) is 1. The fourth-order valence-electron chi connectivity index (χ4n) is 3.55. The van der Waals surface area contributed by atoms with Crippen LogP contribution in [0.3, 0.4) is 0 Å². The molecule has 0 bridgehead atoms. The first kappa shape index (κ1) is 19.7. The van der Waals surface area contributed by atoms with E-state index in [0.29, 0.717) is 19.5 Å². The van der Waals surface area contributed by atoms with Gasteiger partial charge in [-0.05, 0) is 40.5 Å². The number of para-hydroxylation sites is 1. The van der Waals surface area contributed by atoms with E-state index in [0.717, 1.165) is 23.3 Å². The maximum Gasteiger partial charge on any atom is 0.407 e. The van der Waals surface area contributed by atoms with Crippen LogP contribution in [-0.2, 0) is 6.54 Å². The lowest BCUT2D eigenvalue weighted by Crippen LogP contribution is -2.55. The number of nitrogens with zero attached hydrogens (tertiary/aromatic N) is 2. The minimum Gasteiger partial charge on any atom is -0.489 e. The highest BCUT2D eigenvalue weighted by Gasteiger charge is 2.31. The molecule has 0 spiro atoms. The van der Waals surface area contributed by atoms with Gasteiger partial charge in [0.05, 0.1) is 16.6 Å². The van der Waals surface area contributed by atoms with Crippen molar-refractivity contribution in [3.8, 4) is 5.75 Å². The zero-order valence-electron chi connectivity index (χ0n) is 15.4. The van der Waals surface area contributed by atoms with Crippen molar-refractivity contribution in [3.05, 3.63) is 64.6 Å². The van der Waals surface area contributed by atoms with Gasteiger partial charge in [-0.3, -0.25) is 4.90 Å².